The van der Waals surface area contributed by atoms with E-state index < -0.39 is 0 Å². The van der Waals surface area contributed by atoms with Gasteiger partial charge in [-0.15, -0.1) is 5.10 Å². The maximum atomic E-state index is 13.3. The molecule has 0 atom stereocenters. The summed E-state index contributed by atoms with van der Waals surface area (Å²) in [6.45, 7) is 2.93. The summed E-state index contributed by atoms with van der Waals surface area (Å²) >= 11 is 0. The topological polar surface area (TPSA) is 126 Å². The number of aromatic amines is 1. The van der Waals surface area contributed by atoms with Gasteiger partial charge in [-0.3, -0.25) is 9.69 Å². The van der Waals surface area contributed by atoms with E-state index >= 15 is 0 Å². The quantitative estimate of drug-likeness (QED) is 0.283. The Kier molecular flexibility index (Phi) is 6.80. The molecule has 0 aliphatic carbocycles. The molecule has 42 heavy (non-hydrogen) atoms. The van der Waals surface area contributed by atoms with Gasteiger partial charge in [0.05, 0.1) is 25.7 Å². The maximum absolute atomic E-state index is 13.3. The van der Waals surface area contributed by atoms with E-state index in [1.165, 1.54) is 0 Å². The zero-order valence-electron chi connectivity index (χ0n) is 22.9. The minimum Gasteiger partial charge on any atom is -0.497 e. The predicted octanol–water partition coefficient (Wildman–Crippen LogP) is 3.27. The van der Waals surface area contributed by atoms with Crippen molar-refractivity contribution in [1.29, 1.82) is 0 Å². The Morgan fingerprint density at radius 1 is 0.857 bits per heavy atom. The Morgan fingerprint density at radius 2 is 1.62 bits per heavy atom. The minimum atomic E-state index is -0.173. The summed E-state index contributed by atoms with van der Waals surface area (Å²) in [6.07, 6.45) is 0. The third-order valence-electron chi connectivity index (χ3n) is 7.28. The van der Waals surface area contributed by atoms with Gasteiger partial charge in [0.25, 0.3) is 5.56 Å². The molecule has 0 saturated heterocycles. The van der Waals surface area contributed by atoms with Crippen molar-refractivity contribution in [1.82, 2.24) is 30.1 Å². The molecule has 0 unspecified atom stereocenters. The number of hydrogen-bond donors (Lipinski definition) is 1. The molecule has 214 valence electrons. The summed E-state index contributed by atoms with van der Waals surface area (Å²) in [5, 5.41) is 13.4. The minimum absolute atomic E-state index is 0.173. The molecule has 0 radical (unpaired) electrons. The number of benzene rings is 3. The van der Waals surface area contributed by atoms with Gasteiger partial charge in [-0.1, -0.05) is 18.2 Å². The van der Waals surface area contributed by atoms with Crippen molar-refractivity contribution in [2.75, 3.05) is 27.1 Å². The Bertz CT molecular complexity index is 1800. The monoisotopic (exact) mass is 568 g/mol. The van der Waals surface area contributed by atoms with Crippen molar-refractivity contribution in [3.8, 4) is 28.7 Å². The Morgan fingerprint density at radius 3 is 2.45 bits per heavy atom. The summed E-state index contributed by atoms with van der Waals surface area (Å²) in [7, 11) is 1.64. The van der Waals surface area contributed by atoms with Crippen molar-refractivity contribution in [2.24, 2.45) is 0 Å². The fourth-order valence-corrected chi connectivity index (χ4v) is 5.17. The molecule has 2 aromatic heterocycles. The standard InChI is InChI=1S/C30H28N6O6/c1-38-23-5-2-19(3-6-23)15-36-29(32-33-34-36)17-35(14-20-4-7-25-26(10-20)42-18-41-25)16-22-11-21-12-27-28(40-9-8-39-27)13-24(21)31-30(22)37/h2-7,10-13H,8-9,14-18H2,1H3,(H,31,37). The molecule has 0 amide bonds. The van der Waals surface area contributed by atoms with Gasteiger partial charge in [-0.05, 0) is 58.0 Å². The SMILES string of the molecule is COc1ccc(Cn2nnnc2CN(Cc2ccc3c(c2)OCO3)Cc2cc3cc4c(cc3[nH]c2=O)OCCO4)cc1. The van der Waals surface area contributed by atoms with E-state index in [0.717, 1.165) is 22.3 Å². The molecule has 1 N–H and O–H groups in total. The molecular weight excluding hydrogens is 540 g/mol. The zero-order valence-corrected chi connectivity index (χ0v) is 22.9. The van der Waals surface area contributed by atoms with Gasteiger partial charge in [0, 0.05) is 30.1 Å². The second kappa shape index (κ2) is 11.1. The number of hydrogen-bond acceptors (Lipinski definition) is 10. The van der Waals surface area contributed by atoms with Crippen LogP contribution in [0.1, 0.15) is 22.5 Å². The molecule has 3 aromatic carbocycles. The van der Waals surface area contributed by atoms with E-state index in [-0.39, 0.29) is 12.4 Å². The lowest BCUT2D eigenvalue weighted by Crippen LogP contribution is -2.28. The summed E-state index contributed by atoms with van der Waals surface area (Å²) in [6, 6.07) is 19.3. The maximum Gasteiger partial charge on any atom is 0.252 e. The lowest BCUT2D eigenvalue weighted by atomic mass is 10.1. The molecule has 7 rings (SSSR count). The van der Waals surface area contributed by atoms with Crippen LogP contribution in [-0.4, -0.2) is 57.2 Å². The molecule has 2 aliphatic heterocycles. The fraction of sp³-hybridized carbons (Fsp3) is 0.267. The van der Waals surface area contributed by atoms with Gasteiger partial charge in [0.15, 0.2) is 28.8 Å². The van der Waals surface area contributed by atoms with Crippen LogP contribution in [0.4, 0.5) is 0 Å². The van der Waals surface area contributed by atoms with Crippen LogP contribution in [0.15, 0.2) is 65.5 Å². The fourth-order valence-electron chi connectivity index (χ4n) is 5.17. The smallest absolute Gasteiger partial charge is 0.252 e. The molecule has 12 heteroatoms. The third kappa shape index (κ3) is 5.31. The molecule has 0 fully saturated rings. The molecule has 0 bridgehead atoms. The van der Waals surface area contributed by atoms with Gasteiger partial charge in [0.1, 0.15) is 19.0 Å². The number of nitrogens with one attached hydrogen (secondary N) is 1. The Labute approximate surface area is 240 Å². The van der Waals surface area contributed by atoms with Crippen molar-refractivity contribution in [3.63, 3.8) is 0 Å². The van der Waals surface area contributed by atoms with Gasteiger partial charge in [0.2, 0.25) is 6.79 Å². The lowest BCUT2D eigenvalue weighted by Gasteiger charge is -2.22. The number of tetrazole rings is 1. The van der Waals surface area contributed by atoms with Crippen LogP contribution >= 0.6 is 0 Å². The zero-order chi connectivity index (χ0) is 28.5. The summed E-state index contributed by atoms with van der Waals surface area (Å²) in [5.41, 5.74) is 3.16. The molecule has 5 aromatic rings. The Balaban J connectivity index is 1.19. The first-order valence-corrected chi connectivity index (χ1v) is 13.6. The highest BCUT2D eigenvalue weighted by Crippen LogP contribution is 2.35. The van der Waals surface area contributed by atoms with Crippen LogP contribution in [-0.2, 0) is 26.2 Å². The average molecular weight is 569 g/mol. The van der Waals surface area contributed by atoms with Gasteiger partial charge in [-0.2, -0.15) is 0 Å². The number of pyridine rings is 1. The average Bonchev–Trinajstić information content (AvgIpc) is 3.66. The largest absolute Gasteiger partial charge is 0.497 e. The first kappa shape index (κ1) is 25.8. The molecule has 4 heterocycles. The highest BCUT2D eigenvalue weighted by atomic mass is 16.7. The second-order valence-electron chi connectivity index (χ2n) is 10.1. The number of ether oxygens (including phenoxy) is 5. The highest BCUT2D eigenvalue weighted by Gasteiger charge is 2.20. The van der Waals surface area contributed by atoms with Crippen LogP contribution in [0.25, 0.3) is 10.9 Å². The third-order valence-corrected chi connectivity index (χ3v) is 7.28. The van der Waals surface area contributed by atoms with Crippen molar-refractivity contribution in [3.05, 3.63) is 93.5 Å². The first-order chi connectivity index (χ1) is 20.6. The molecule has 0 spiro atoms. The number of fused-ring (bicyclic) bond motifs is 3. The van der Waals surface area contributed by atoms with E-state index in [1.807, 2.05) is 60.7 Å². The summed E-state index contributed by atoms with van der Waals surface area (Å²) < 4.78 is 29.6. The predicted molar refractivity (Wildman–Crippen MR) is 151 cm³/mol. The Hall–Kier alpha value is -5.10. The molecule has 0 saturated carbocycles. The second-order valence-corrected chi connectivity index (χ2v) is 10.1. The number of rotatable bonds is 9. The van der Waals surface area contributed by atoms with E-state index in [4.69, 9.17) is 23.7 Å². The number of aromatic nitrogens is 5. The normalized spacial score (nSPS) is 13.6. The number of methoxy groups -OCH3 is 1. The molecule has 2 aliphatic rings. The summed E-state index contributed by atoms with van der Waals surface area (Å²) in [5.74, 6) is 4.17. The molecule has 12 nitrogen and oxygen atoms in total. The van der Waals surface area contributed by atoms with Gasteiger partial charge >= 0.3 is 0 Å². The lowest BCUT2D eigenvalue weighted by molar-refractivity contribution is 0.172. The number of nitrogens with zero attached hydrogens (tertiary/aromatic N) is 5. The summed E-state index contributed by atoms with van der Waals surface area (Å²) in [4.78, 5) is 18.4. The van der Waals surface area contributed by atoms with E-state index in [0.29, 0.717) is 79.3 Å². The van der Waals surface area contributed by atoms with Crippen LogP contribution < -0.4 is 29.2 Å². The highest BCUT2D eigenvalue weighted by molar-refractivity contribution is 5.83. The van der Waals surface area contributed by atoms with Crippen LogP contribution in [0, 0.1) is 0 Å². The van der Waals surface area contributed by atoms with E-state index in [1.54, 1.807) is 11.8 Å². The molecular formula is C30H28N6O6. The van der Waals surface area contributed by atoms with Crippen LogP contribution in [0.2, 0.25) is 0 Å². The van der Waals surface area contributed by atoms with Crippen molar-refractivity contribution in [2.45, 2.75) is 26.2 Å². The van der Waals surface area contributed by atoms with E-state index in [9.17, 15) is 4.79 Å². The van der Waals surface area contributed by atoms with Crippen LogP contribution in [0.5, 0.6) is 28.7 Å². The van der Waals surface area contributed by atoms with Crippen LogP contribution in [0.3, 0.4) is 0 Å². The van der Waals surface area contributed by atoms with Crippen molar-refractivity contribution >= 4 is 10.9 Å². The van der Waals surface area contributed by atoms with Gasteiger partial charge < -0.3 is 28.7 Å². The first-order valence-electron chi connectivity index (χ1n) is 13.6. The number of H-pyrrole nitrogens is 1. The van der Waals surface area contributed by atoms with E-state index in [2.05, 4.69) is 25.4 Å². The van der Waals surface area contributed by atoms with Gasteiger partial charge in [-0.25, -0.2) is 4.68 Å². The van der Waals surface area contributed by atoms with Crippen molar-refractivity contribution < 1.29 is 23.7 Å².